The second kappa shape index (κ2) is 7.93. The van der Waals surface area contributed by atoms with Gasteiger partial charge < -0.3 is 14.4 Å². The number of fused-ring (bicyclic) bond motifs is 1. The van der Waals surface area contributed by atoms with Crippen molar-refractivity contribution in [3.05, 3.63) is 104 Å². The number of hydrogen-bond acceptors (Lipinski definition) is 5. The molecule has 1 atom stereocenters. The van der Waals surface area contributed by atoms with Gasteiger partial charge in [0.25, 0.3) is 5.91 Å². The molecule has 0 saturated heterocycles. The van der Waals surface area contributed by atoms with Crippen LogP contribution in [0.1, 0.15) is 27.0 Å². The zero-order valence-electron chi connectivity index (χ0n) is 16.4. The first-order valence-electron chi connectivity index (χ1n) is 9.68. The van der Waals surface area contributed by atoms with Crippen molar-refractivity contribution in [3.8, 4) is 0 Å². The molecule has 1 aliphatic heterocycles. The van der Waals surface area contributed by atoms with Crippen molar-refractivity contribution >= 4 is 45.6 Å². The van der Waals surface area contributed by atoms with Gasteiger partial charge in [-0.15, -0.1) is 11.3 Å². The molecule has 0 fully saturated rings. The Morgan fingerprint density at radius 2 is 1.94 bits per heavy atom. The van der Waals surface area contributed by atoms with E-state index in [-0.39, 0.29) is 17.9 Å². The Morgan fingerprint density at radius 3 is 2.66 bits per heavy atom. The Morgan fingerprint density at radius 1 is 1.16 bits per heavy atom. The summed E-state index contributed by atoms with van der Waals surface area (Å²) in [6.07, 6.45) is 0. The molecule has 5 nitrogen and oxygen atoms in total. The maximum Gasteiger partial charge on any atom is 0.290 e. The normalized spacial score (nSPS) is 16.4. The molecule has 0 radical (unpaired) electrons. The van der Waals surface area contributed by atoms with Gasteiger partial charge in [0.1, 0.15) is 11.4 Å². The minimum Gasteiger partial charge on any atom is -0.503 e. The number of aliphatic hydroxyl groups is 1. The van der Waals surface area contributed by atoms with E-state index in [9.17, 15) is 19.1 Å². The Balaban J connectivity index is 1.60. The highest BCUT2D eigenvalue weighted by atomic mass is 35.5. The summed E-state index contributed by atoms with van der Waals surface area (Å²) in [7, 11) is 0. The van der Waals surface area contributed by atoms with Crippen molar-refractivity contribution < 1.29 is 23.5 Å². The van der Waals surface area contributed by atoms with E-state index in [4.69, 9.17) is 16.0 Å². The summed E-state index contributed by atoms with van der Waals surface area (Å²) in [5, 5.41) is 13.7. The molecule has 0 bridgehead atoms. The molecule has 4 aromatic rings. The fraction of sp³-hybridized carbons (Fsp3) is 0.0833. The van der Waals surface area contributed by atoms with Crippen molar-refractivity contribution in [1.82, 2.24) is 4.90 Å². The van der Waals surface area contributed by atoms with Gasteiger partial charge in [-0.05, 0) is 53.4 Å². The number of aliphatic hydroxyl groups excluding tert-OH is 1. The molecule has 1 N–H and O–H groups in total. The van der Waals surface area contributed by atoms with Crippen LogP contribution in [0.3, 0.4) is 0 Å². The summed E-state index contributed by atoms with van der Waals surface area (Å²) < 4.78 is 19.3. The van der Waals surface area contributed by atoms with Gasteiger partial charge >= 0.3 is 0 Å². The predicted molar refractivity (Wildman–Crippen MR) is 119 cm³/mol. The Hall–Kier alpha value is -3.42. The molecular formula is C24H15ClFNO4S. The molecule has 160 valence electrons. The van der Waals surface area contributed by atoms with Gasteiger partial charge in [-0.2, -0.15) is 0 Å². The molecule has 2 aromatic heterocycles. The molecule has 0 aliphatic carbocycles. The lowest BCUT2D eigenvalue weighted by Crippen LogP contribution is -2.30. The van der Waals surface area contributed by atoms with Crippen LogP contribution in [0, 0.1) is 5.82 Å². The molecule has 8 heteroatoms. The second-order valence-electron chi connectivity index (χ2n) is 7.35. The molecule has 3 heterocycles. The highest BCUT2D eigenvalue weighted by Gasteiger charge is 2.44. The zero-order valence-corrected chi connectivity index (χ0v) is 18.0. The van der Waals surface area contributed by atoms with Gasteiger partial charge in [0.2, 0.25) is 5.78 Å². The van der Waals surface area contributed by atoms with E-state index >= 15 is 0 Å². The fourth-order valence-corrected chi connectivity index (χ4v) is 4.75. The zero-order chi connectivity index (χ0) is 22.4. The van der Waals surface area contributed by atoms with Crippen LogP contribution in [0.5, 0.6) is 0 Å². The molecular weight excluding hydrogens is 453 g/mol. The molecule has 1 aliphatic rings. The number of halogens is 2. The van der Waals surface area contributed by atoms with Crippen LogP contribution in [-0.2, 0) is 11.3 Å². The number of carbonyl (C=O) groups is 2. The van der Waals surface area contributed by atoms with E-state index in [1.54, 1.807) is 18.2 Å². The summed E-state index contributed by atoms with van der Waals surface area (Å²) in [6.45, 7) is 0.190. The highest BCUT2D eigenvalue weighted by molar-refractivity contribution is 7.09. The second-order valence-corrected chi connectivity index (χ2v) is 8.82. The van der Waals surface area contributed by atoms with E-state index in [0.29, 0.717) is 21.6 Å². The Bertz CT molecular complexity index is 1380. The molecule has 0 spiro atoms. The van der Waals surface area contributed by atoms with Gasteiger partial charge in [-0.3, -0.25) is 9.59 Å². The number of hydrogen-bond donors (Lipinski definition) is 1. The van der Waals surface area contributed by atoms with Crippen LogP contribution < -0.4 is 0 Å². The van der Waals surface area contributed by atoms with Gasteiger partial charge in [0, 0.05) is 15.3 Å². The molecule has 1 unspecified atom stereocenters. The number of rotatable bonds is 5. The number of amides is 1. The monoisotopic (exact) mass is 467 g/mol. The summed E-state index contributed by atoms with van der Waals surface area (Å²) in [5.41, 5.74) is 0.849. The van der Waals surface area contributed by atoms with E-state index < -0.39 is 29.3 Å². The Labute approximate surface area is 191 Å². The lowest BCUT2D eigenvalue weighted by molar-refractivity contribution is -0.130. The first kappa shape index (κ1) is 20.5. The summed E-state index contributed by atoms with van der Waals surface area (Å²) >= 11 is 7.48. The summed E-state index contributed by atoms with van der Waals surface area (Å²) in [4.78, 5) is 28.7. The summed E-state index contributed by atoms with van der Waals surface area (Å²) in [6, 6.07) is 14.8. The first-order chi connectivity index (χ1) is 15.4. The van der Waals surface area contributed by atoms with E-state index in [0.717, 1.165) is 4.88 Å². The van der Waals surface area contributed by atoms with Crippen molar-refractivity contribution in [1.29, 1.82) is 0 Å². The van der Waals surface area contributed by atoms with Crippen molar-refractivity contribution in [3.63, 3.8) is 0 Å². The topological polar surface area (TPSA) is 70.8 Å². The lowest BCUT2D eigenvalue weighted by Gasteiger charge is -2.26. The number of nitrogens with zero attached hydrogens (tertiary/aromatic N) is 1. The van der Waals surface area contributed by atoms with E-state index in [1.807, 2.05) is 17.5 Å². The van der Waals surface area contributed by atoms with Crippen LogP contribution in [0.4, 0.5) is 4.39 Å². The average Bonchev–Trinajstić information content (AvgIpc) is 3.49. The van der Waals surface area contributed by atoms with Crippen LogP contribution in [-0.4, -0.2) is 21.7 Å². The smallest absolute Gasteiger partial charge is 0.290 e. The molecule has 1 amide bonds. The molecule has 2 aromatic carbocycles. The van der Waals surface area contributed by atoms with E-state index in [1.165, 1.54) is 46.6 Å². The van der Waals surface area contributed by atoms with E-state index in [2.05, 4.69) is 0 Å². The Kier molecular flexibility index (Phi) is 5.07. The number of Topliss-reactive ketones (excluding diaryl/α,β-unsaturated/α-hetero) is 1. The molecule has 5 rings (SSSR count). The highest BCUT2D eigenvalue weighted by Crippen LogP contribution is 2.41. The van der Waals surface area contributed by atoms with Crippen molar-refractivity contribution in [2.24, 2.45) is 0 Å². The SMILES string of the molecule is O=C(C1=C(O)C(=O)N(Cc2cccs2)C1c1ccc(F)cc1)c1cc2cc(Cl)ccc2o1. The van der Waals surface area contributed by atoms with Crippen molar-refractivity contribution in [2.45, 2.75) is 12.6 Å². The number of ketones is 1. The standard InChI is InChI=1S/C24H15ClFNO4S/c25-15-5-8-18-14(10-15)11-19(31-18)22(28)20-21(13-3-6-16(26)7-4-13)27(24(30)23(20)29)12-17-2-1-9-32-17/h1-11,21,29H,12H2. The third kappa shape index (κ3) is 3.49. The maximum atomic E-state index is 13.6. The largest absolute Gasteiger partial charge is 0.503 e. The molecule has 32 heavy (non-hydrogen) atoms. The van der Waals surface area contributed by atoms with Crippen molar-refractivity contribution in [2.75, 3.05) is 0 Å². The predicted octanol–water partition coefficient (Wildman–Crippen LogP) is 6.07. The number of carbonyl (C=O) groups excluding carboxylic acids is 2. The maximum absolute atomic E-state index is 13.6. The minimum atomic E-state index is -0.894. The van der Waals surface area contributed by atoms with Crippen LogP contribution in [0.25, 0.3) is 11.0 Å². The van der Waals surface area contributed by atoms with Gasteiger partial charge in [-0.1, -0.05) is 29.8 Å². The summed E-state index contributed by atoms with van der Waals surface area (Å²) in [5.74, 6) is -2.40. The first-order valence-corrected chi connectivity index (χ1v) is 10.9. The van der Waals surface area contributed by atoms with Crippen LogP contribution in [0.2, 0.25) is 5.02 Å². The van der Waals surface area contributed by atoms with Gasteiger partial charge in [0.15, 0.2) is 11.5 Å². The number of furan rings is 1. The third-order valence-corrected chi connectivity index (χ3v) is 6.44. The average molecular weight is 468 g/mol. The number of thiophene rings is 1. The quantitative estimate of drug-likeness (QED) is 0.362. The third-order valence-electron chi connectivity index (χ3n) is 5.34. The minimum absolute atomic E-state index is 0.0262. The molecule has 0 saturated carbocycles. The van der Waals surface area contributed by atoms with Crippen LogP contribution >= 0.6 is 22.9 Å². The lowest BCUT2D eigenvalue weighted by atomic mass is 9.95. The van der Waals surface area contributed by atoms with Gasteiger partial charge in [-0.25, -0.2) is 4.39 Å². The fourth-order valence-electron chi connectivity index (χ4n) is 3.87. The number of benzene rings is 2. The van der Waals surface area contributed by atoms with Crippen LogP contribution in [0.15, 0.2) is 81.8 Å². The van der Waals surface area contributed by atoms with Gasteiger partial charge in [0.05, 0.1) is 18.2 Å².